The maximum Gasteiger partial charge on any atom is 0.229 e. The fourth-order valence-corrected chi connectivity index (χ4v) is 2.07. The first kappa shape index (κ1) is 9.86. The van der Waals surface area contributed by atoms with E-state index < -0.39 is 0 Å². The summed E-state index contributed by atoms with van der Waals surface area (Å²) >= 11 is 9.10. The number of aromatic nitrogens is 2. The van der Waals surface area contributed by atoms with E-state index >= 15 is 0 Å². The van der Waals surface area contributed by atoms with Crippen molar-refractivity contribution in [2.24, 2.45) is 0 Å². The van der Waals surface area contributed by atoms with E-state index in [2.05, 4.69) is 25.9 Å². The lowest BCUT2D eigenvalue weighted by molar-refractivity contribution is -0.117. The Morgan fingerprint density at radius 2 is 2.36 bits per heavy atom. The van der Waals surface area contributed by atoms with Crippen LogP contribution in [0.3, 0.4) is 0 Å². The van der Waals surface area contributed by atoms with Crippen molar-refractivity contribution in [3.05, 3.63) is 17.5 Å². The molecule has 1 amide bonds. The number of hydrogen-bond donors (Lipinski definition) is 0. The van der Waals surface area contributed by atoms with Gasteiger partial charge in [0.1, 0.15) is 17.3 Å². The lowest BCUT2D eigenvalue weighted by Gasteiger charge is -2.13. The van der Waals surface area contributed by atoms with E-state index in [4.69, 9.17) is 11.6 Å². The molecule has 2 heterocycles. The summed E-state index contributed by atoms with van der Waals surface area (Å²) in [7, 11) is 0. The van der Waals surface area contributed by atoms with E-state index in [-0.39, 0.29) is 10.7 Å². The highest BCUT2D eigenvalue weighted by Crippen LogP contribution is 2.24. The molecule has 2 rings (SSSR count). The van der Waals surface area contributed by atoms with Crippen LogP contribution >= 0.6 is 27.5 Å². The summed E-state index contributed by atoms with van der Waals surface area (Å²) in [6.45, 7) is 0.631. The lowest BCUT2D eigenvalue weighted by atomic mass is 10.4. The van der Waals surface area contributed by atoms with Gasteiger partial charge in [-0.15, -0.1) is 0 Å². The van der Waals surface area contributed by atoms with Crippen molar-refractivity contribution in [2.45, 2.75) is 11.2 Å². The predicted octanol–water partition coefficient (Wildman–Crippen LogP) is 1.63. The van der Waals surface area contributed by atoms with Gasteiger partial charge in [0.2, 0.25) is 5.91 Å². The fraction of sp³-hybridized carbons (Fsp3) is 0.375. The number of alkyl halides is 1. The van der Waals surface area contributed by atoms with E-state index in [1.807, 2.05) is 0 Å². The third-order valence-corrected chi connectivity index (χ3v) is 2.79. The first-order valence-electron chi connectivity index (χ1n) is 4.09. The Morgan fingerprint density at radius 1 is 1.57 bits per heavy atom. The van der Waals surface area contributed by atoms with Gasteiger partial charge in [-0.05, 0) is 0 Å². The maximum atomic E-state index is 11.5. The molecule has 1 aliphatic heterocycles. The molecule has 1 unspecified atom stereocenters. The first-order valence-corrected chi connectivity index (χ1v) is 5.38. The Bertz CT molecular complexity index is 373. The molecular weight excluding hydrogens is 269 g/mol. The monoisotopic (exact) mass is 275 g/mol. The Morgan fingerprint density at radius 3 is 2.93 bits per heavy atom. The summed E-state index contributed by atoms with van der Waals surface area (Å²) in [6.07, 6.45) is 1.86. The fourth-order valence-electron chi connectivity index (χ4n) is 1.36. The van der Waals surface area contributed by atoms with Crippen LogP contribution in [0, 0.1) is 0 Å². The number of nitrogens with zero attached hydrogens (tertiary/aromatic N) is 3. The summed E-state index contributed by atoms with van der Waals surface area (Å²) in [5, 5.41) is 0.348. The van der Waals surface area contributed by atoms with E-state index in [0.29, 0.717) is 23.9 Å². The molecule has 1 saturated heterocycles. The molecule has 0 aromatic carbocycles. The summed E-state index contributed by atoms with van der Waals surface area (Å²) < 4.78 is 0. The van der Waals surface area contributed by atoms with Crippen LogP contribution in [0.25, 0.3) is 0 Å². The van der Waals surface area contributed by atoms with Gasteiger partial charge in [-0.1, -0.05) is 27.5 Å². The molecule has 1 fully saturated rings. The highest BCUT2D eigenvalue weighted by atomic mass is 79.9. The number of carbonyl (C=O) groups is 1. The van der Waals surface area contributed by atoms with Gasteiger partial charge in [0.05, 0.1) is 0 Å². The molecule has 0 saturated carbocycles. The normalized spacial score (nSPS) is 21.7. The average Bonchev–Trinajstić information content (AvgIpc) is 2.45. The third kappa shape index (κ3) is 1.88. The topological polar surface area (TPSA) is 46.1 Å². The van der Waals surface area contributed by atoms with Crippen LogP contribution in [0.5, 0.6) is 0 Å². The number of anilines is 1. The quantitative estimate of drug-likeness (QED) is 0.578. The van der Waals surface area contributed by atoms with Crippen LogP contribution in [0.15, 0.2) is 12.4 Å². The Hall–Kier alpha value is -0.680. The van der Waals surface area contributed by atoms with Crippen LogP contribution in [-0.2, 0) is 4.79 Å². The second-order valence-corrected chi connectivity index (χ2v) is 4.69. The Kier molecular flexibility index (Phi) is 2.69. The Labute approximate surface area is 94.4 Å². The molecule has 6 heteroatoms. The molecule has 4 nitrogen and oxygen atoms in total. The van der Waals surface area contributed by atoms with Gasteiger partial charge in [0.15, 0.2) is 0 Å². The third-order valence-electron chi connectivity index (χ3n) is 1.97. The predicted molar refractivity (Wildman–Crippen MR) is 56.7 cm³/mol. The zero-order valence-corrected chi connectivity index (χ0v) is 9.49. The van der Waals surface area contributed by atoms with Gasteiger partial charge in [-0.25, -0.2) is 9.97 Å². The second kappa shape index (κ2) is 3.82. The molecule has 0 N–H and O–H groups in total. The molecular formula is C8H7BrClN3O. The van der Waals surface area contributed by atoms with Gasteiger partial charge >= 0.3 is 0 Å². The van der Waals surface area contributed by atoms with Gasteiger partial charge in [0.25, 0.3) is 0 Å². The zero-order chi connectivity index (χ0) is 10.1. The summed E-state index contributed by atoms with van der Waals surface area (Å²) in [4.78, 5) is 21.0. The smallest absolute Gasteiger partial charge is 0.229 e. The van der Waals surface area contributed by atoms with Gasteiger partial charge < -0.3 is 0 Å². The van der Waals surface area contributed by atoms with Crippen molar-refractivity contribution in [3.63, 3.8) is 0 Å². The molecule has 0 spiro atoms. The van der Waals surface area contributed by atoms with E-state index in [9.17, 15) is 4.79 Å². The summed E-state index contributed by atoms with van der Waals surface area (Å²) in [5.41, 5.74) is 0. The number of halogens is 2. The average molecular weight is 277 g/mol. The van der Waals surface area contributed by atoms with Gasteiger partial charge in [-0.3, -0.25) is 9.69 Å². The standard InChI is InChI=1S/C8H7BrClN3O/c9-5-1-8(14)13(3-5)7-2-6(10)11-4-12-7/h2,4-5H,1,3H2. The van der Waals surface area contributed by atoms with E-state index in [1.54, 1.807) is 11.0 Å². The van der Waals surface area contributed by atoms with Crippen LogP contribution in [0.2, 0.25) is 5.15 Å². The van der Waals surface area contributed by atoms with E-state index in [1.165, 1.54) is 6.33 Å². The summed E-state index contributed by atoms with van der Waals surface area (Å²) in [5.74, 6) is 0.624. The Balaban J connectivity index is 2.27. The number of carbonyl (C=O) groups excluding carboxylic acids is 1. The zero-order valence-electron chi connectivity index (χ0n) is 7.15. The number of amides is 1. The highest BCUT2D eigenvalue weighted by Gasteiger charge is 2.29. The molecule has 1 aliphatic rings. The van der Waals surface area contributed by atoms with Crippen molar-refractivity contribution in [2.75, 3.05) is 11.4 Å². The van der Waals surface area contributed by atoms with Crippen LogP contribution in [-0.4, -0.2) is 27.2 Å². The molecule has 0 aliphatic carbocycles. The minimum Gasteiger partial charge on any atom is -0.296 e. The van der Waals surface area contributed by atoms with E-state index in [0.717, 1.165) is 0 Å². The van der Waals surface area contributed by atoms with Crippen molar-refractivity contribution in [1.29, 1.82) is 0 Å². The van der Waals surface area contributed by atoms with Crippen molar-refractivity contribution in [1.82, 2.24) is 9.97 Å². The lowest BCUT2D eigenvalue weighted by Crippen LogP contribution is -2.25. The van der Waals surface area contributed by atoms with Crippen molar-refractivity contribution < 1.29 is 4.79 Å². The number of rotatable bonds is 1. The SMILES string of the molecule is O=C1CC(Br)CN1c1cc(Cl)ncn1. The molecule has 14 heavy (non-hydrogen) atoms. The minimum atomic E-state index is 0.0571. The molecule has 74 valence electrons. The van der Waals surface area contributed by atoms with Crippen molar-refractivity contribution in [3.8, 4) is 0 Å². The van der Waals surface area contributed by atoms with Crippen LogP contribution in [0.4, 0.5) is 5.82 Å². The van der Waals surface area contributed by atoms with Crippen molar-refractivity contribution >= 4 is 39.3 Å². The molecule has 1 aromatic rings. The highest BCUT2D eigenvalue weighted by molar-refractivity contribution is 9.09. The largest absolute Gasteiger partial charge is 0.296 e. The van der Waals surface area contributed by atoms with Gasteiger partial charge in [0, 0.05) is 23.9 Å². The molecule has 0 radical (unpaired) electrons. The maximum absolute atomic E-state index is 11.5. The number of hydrogen-bond acceptors (Lipinski definition) is 3. The first-order chi connectivity index (χ1) is 6.66. The summed E-state index contributed by atoms with van der Waals surface area (Å²) in [6, 6.07) is 1.59. The molecule has 0 bridgehead atoms. The second-order valence-electron chi connectivity index (χ2n) is 3.00. The van der Waals surface area contributed by atoms with Crippen LogP contribution < -0.4 is 4.90 Å². The minimum absolute atomic E-state index is 0.0571. The van der Waals surface area contributed by atoms with Gasteiger partial charge in [-0.2, -0.15) is 0 Å². The molecule has 1 atom stereocenters. The van der Waals surface area contributed by atoms with Crippen LogP contribution in [0.1, 0.15) is 6.42 Å². The molecule has 1 aromatic heterocycles.